The maximum Gasteiger partial charge on any atom is 0.136 e. The molecule has 2 heterocycles. The molecule has 2 nitrogen and oxygen atoms in total. The lowest BCUT2D eigenvalue weighted by Crippen LogP contribution is -1.91. The number of para-hydroxylation sites is 1. The van der Waals surface area contributed by atoms with Crippen molar-refractivity contribution >= 4 is 76.2 Å². The van der Waals surface area contributed by atoms with Gasteiger partial charge in [-0.3, -0.25) is 0 Å². The van der Waals surface area contributed by atoms with Gasteiger partial charge in [-0.2, -0.15) is 0 Å². The zero-order chi connectivity index (χ0) is 28.8. The summed E-state index contributed by atoms with van der Waals surface area (Å²) in [6.45, 7) is 0. The number of fused-ring (bicyclic) bond motifs is 9. The highest BCUT2D eigenvalue weighted by molar-refractivity contribution is 6.22. The Morgan fingerprint density at radius 2 is 0.727 bits per heavy atom. The fourth-order valence-corrected chi connectivity index (χ4v) is 7.24. The van der Waals surface area contributed by atoms with Crippen LogP contribution in [0.2, 0.25) is 0 Å². The van der Waals surface area contributed by atoms with Gasteiger partial charge < -0.3 is 8.83 Å². The van der Waals surface area contributed by atoms with E-state index < -0.39 is 0 Å². The molecule has 0 aliphatic heterocycles. The van der Waals surface area contributed by atoms with Crippen LogP contribution in [-0.4, -0.2) is 0 Å². The van der Waals surface area contributed by atoms with Crippen LogP contribution < -0.4 is 0 Å². The highest BCUT2D eigenvalue weighted by Crippen LogP contribution is 2.45. The Kier molecular flexibility index (Phi) is 4.75. The van der Waals surface area contributed by atoms with Crippen molar-refractivity contribution in [3.8, 4) is 22.3 Å². The summed E-state index contributed by atoms with van der Waals surface area (Å²) in [4.78, 5) is 0. The van der Waals surface area contributed by atoms with E-state index in [0.717, 1.165) is 49.4 Å². The highest BCUT2D eigenvalue weighted by Gasteiger charge is 2.19. The fraction of sp³-hybridized carbons (Fsp3) is 0. The van der Waals surface area contributed by atoms with Gasteiger partial charge in [-0.1, -0.05) is 109 Å². The predicted molar refractivity (Wildman–Crippen MR) is 184 cm³/mol. The van der Waals surface area contributed by atoms with E-state index in [-0.39, 0.29) is 0 Å². The summed E-state index contributed by atoms with van der Waals surface area (Å²) in [5.74, 6) is 0. The lowest BCUT2D eigenvalue weighted by atomic mass is 9.85. The van der Waals surface area contributed by atoms with E-state index in [2.05, 4.69) is 127 Å². The lowest BCUT2D eigenvalue weighted by Gasteiger charge is -2.18. The molecule has 0 spiro atoms. The monoisotopic (exact) mass is 560 g/mol. The Morgan fingerprint density at radius 1 is 0.273 bits per heavy atom. The first-order chi connectivity index (χ1) is 21.8. The lowest BCUT2D eigenvalue weighted by molar-refractivity contribution is 0.664. The SMILES string of the molecule is c1ccc2cc(-c3c4ccccc4c(-c4ccc5c(c4)oc4cc6c(cc45)oc4ccccc46)c4ccccc34)ccc2c1. The standard InChI is InChI=1S/C42H24O2/c1-2-10-26-21-27(18-17-25(26)9-1)41-31-12-3-5-14-33(31)42(34-15-6-4-13-32(34)41)28-19-20-30-36-24-39-35(23-40(36)44-38(30)22-28)29-11-7-8-16-37(29)43-39/h1-24H. The molecule has 0 saturated carbocycles. The Balaban J connectivity index is 1.24. The molecule has 0 radical (unpaired) electrons. The Morgan fingerprint density at radius 3 is 1.39 bits per heavy atom. The second kappa shape index (κ2) is 8.82. The topological polar surface area (TPSA) is 26.3 Å². The normalized spacial score (nSPS) is 12.1. The first-order valence-corrected chi connectivity index (χ1v) is 15.0. The van der Waals surface area contributed by atoms with E-state index in [1.165, 1.54) is 49.0 Å². The number of benzene rings is 8. The zero-order valence-corrected chi connectivity index (χ0v) is 23.7. The molecular formula is C42H24O2. The number of hydrogen-bond donors (Lipinski definition) is 0. The third-order valence-corrected chi connectivity index (χ3v) is 9.23. The van der Waals surface area contributed by atoms with Gasteiger partial charge >= 0.3 is 0 Å². The smallest absolute Gasteiger partial charge is 0.136 e. The molecule has 0 atom stereocenters. The molecule has 0 aliphatic carbocycles. The average molecular weight is 561 g/mol. The molecule has 2 aromatic heterocycles. The fourth-order valence-electron chi connectivity index (χ4n) is 7.24. The van der Waals surface area contributed by atoms with Crippen LogP contribution in [0.4, 0.5) is 0 Å². The molecule has 0 unspecified atom stereocenters. The zero-order valence-electron chi connectivity index (χ0n) is 23.7. The summed E-state index contributed by atoms with van der Waals surface area (Å²) in [5.41, 5.74) is 8.39. The van der Waals surface area contributed by atoms with Gasteiger partial charge in [0.2, 0.25) is 0 Å². The molecule has 0 bridgehead atoms. The molecule has 10 aromatic rings. The van der Waals surface area contributed by atoms with Crippen LogP contribution in [0.1, 0.15) is 0 Å². The van der Waals surface area contributed by atoms with Crippen molar-refractivity contribution in [3.05, 3.63) is 146 Å². The van der Waals surface area contributed by atoms with E-state index in [1.807, 2.05) is 18.2 Å². The van der Waals surface area contributed by atoms with Gasteiger partial charge in [0, 0.05) is 21.5 Å². The van der Waals surface area contributed by atoms with E-state index in [9.17, 15) is 0 Å². The first kappa shape index (κ1) is 23.7. The molecule has 2 heteroatoms. The summed E-state index contributed by atoms with van der Waals surface area (Å²) in [5, 5.41) is 11.8. The minimum Gasteiger partial charge on any atom is -0.456 e. The number of rotatable bonds is 2. The third kappa shape index (κ3) is 3.31. The Bertz CT molecular complexity index is 2720. The Labute approximate surface area is 252 Å². The van der Waals surface area contributed by atoms with Crippen LogP contribution >= 0.6 is 0 Å². The van der Waals surface area contributed by atoms with E-state index >= 15 is 0 Å². The molecule has 0 N–H and O–H groups in total. The van der Waals surface area contributed by atoms with Crippen LogP contribution in [0.3, 0.4) is 0 Å². The van der Waals surface area contributed by atoms with Crippen LogP contribution in [0.15, 0.2) is 154 Å². The second-order valence-corrected chi connectivity index (χ2v) is 11.7. The molecule has 44 heavy (non-hydrogen) atoms. The van der Waals surface area contributed by atoms with E-state index in [1.54, 1.807) is 0 Å². The predicted octanol–water partition coefficient (Wildman–Crippen LogP) is 12.3. The Hall–Kier alpha value is -5.86. The summed E-state index contributed by atoms with van der Waals surface area (Å²) in [6.07, 6.45) is 0. The first-order valence-electron chi connectivity index (χ1n) is 15.0. The summed E-state index contributed by atoms with van der Waals surface area (Å²) in [6, 6.07) is 52.1. The van der Waals surface area contributed by atoms with E-state index in [4.69, 9.17) is 8.83 Å². The molecule has 0 amide bonds. The molecule has 204 valence electrons. The van der Waals surface area contributed by atoms with Crippen molar-refractivity contribution in [1.29, 1.82) is 0 Å². The molecule has 0 fully saturated rings. The summed E-state index contributed by atoms with van der Waals surface area (Å²) in [7, 11) is 0. The van der Waals surface area contributed by atoms with Crippen molar-refractivity contribution < 1.29 is 8.83 Å². The second-order valence-electron chi connectivity index (χ2n) is 11.7. The molecule has 8 aromatic carbocycles. The number of furan rings is 2. The third-order valence-electron chi connectivity index (χ3n) is 9.23. The van der Waals surface area contributed by atoms with Gasteiger partial charge in [-0.15, -0.1) is 0 Å². The minimum atomic E-state index is 0.873. The number of hydrogen-bond acceptors (Lipinski definition) is 2. The van der Waals surface area contributed by atoms with Gasteiger partial charge in [0.15, 0.2) is 0 Å². The molecular weight excluding hydrogens is 536 g/mol. The van der Waals surface area contributed by atoms with Crippen LogP contribution in [0.25, 0.3) is 98.4 Å². The molecule has 0 saturated heterocycles. The van der Waals surface area contributed by atoms with E-state index in [0.29, 0.717) is 0 Å². The van der Waals surface area contributed by atoms with Crippen LogP contribution in [0.5, 0.6) is 0 Å². The maximum absolute atomic E-state index is 6.56. The van der Waals surface area contributed by atoms with Gasteiger partial charge in [0.25, 0.3) is 0 Å². The summed E-state index contributed by atoms with van der Waals surface area (Å²) < 4.78 is 12.8. The van der Waals surface area contributed by atoms with Gasteiger partial charge in [-0.05, 0) is 91.0 Å². The molecule has 0 aliphatic rings. The maximum atomic E-state index is 6.56. The van der Waals surface area contributed by atoms with Crippen LogP contribution in [-0.2, 0) is 0 Å². The van der Waals surface area contributed by atoms with Gasteiger partial charge in [0.1, 0.15) is 22.3 Å². The summed E-state index contributed by atoms with van der Waals surface area (Å²) >= 11 is 0. The van der Waals surface area contributed by atoms with Gasteiger partial charge in [0.05, 0.1) is 0 Å². The van der Waals surface area contributed by atoms with Crippen molar-refractivity contribution in [2.24, 2.45) is 0 Å². The van der Waals surface area contributed by atoms with Crippen molar-refractivity contribution in [1.82, 2.24) is 0 Å². The average Bonchev–Trinajstić information content (AvgIpc) is 3.62. The largest absolute Gasteiger partial charge is 0.456 e. The quantitative estimate of drug-likeness (QED) is 0.197. The minimum absolute atomic E-state index is 0.873. The van der Waals surface area contributed by atoms with Crippen molar-refractivity contribution in [3.63, 3.8) is 0 Å². The van der Waals surface area contributed by atoms with Crippen molar-refractivity contribution in [2.75, 3.05) is 0 Å². The van der Waals surface area contributed by atoms with Gasteiger partial charge in [-0.25, -0.2) is 0 Å². The highest BCUT2D eigenvalue weighted by atomic mass is 16.3. The molecule has 10 rings (SSSR count). The van der Waals surface area contributed by atoms with Crippen LogP contribution in [0, 0.1) is 0 Å². The van der Waals surface area contributed by atoms with Crippen molar-refractivity contribution in [2.45, 2.75) is 0 Å².